The van der Waals surface area contributed by atoms with Crippen LogP contribution < -0.4 is 5.73 Å². The first kappa shape index (κ1) is 21.4. The number of nitrogens with two attached hydrogens (primary N) is 1. The van der Waals surface area contributed by atoms with Crippen LogP contribution in [0.3, 0.4) is 0 Å². The average Bonchev–Trinajstić information content (AvgIpc) is 3.19. The van der Waals surface area contributed by atoms with Gasteiger partial charge in [0, 0.05) is 6.20 Å². The number of nitrogens with zero attached hydrogens (tertiary/aromatic N) is 3. The van der Waals surface area contributed by atoms with Gasteiger partial charge in [-0.05, 0) is 24.6 Å². The first-order chi connectivity index (χ1) is 14.4. The number of alkyl halides is 3. The Labute approximate surface area is 172 Å². The highest BCUT2D eigenvalue weighted by molar-refractivity contribution is 5.86. The maximum absolute atomic E-state index is 14.4. The summed E-state index contributed by atoms with van der Waals surface area (Å²) in [7, 11) is 0. The summed E-state index contributed by atoms with van der Waals surface area (Å²) in [5.74, 6) is -0.918. The summed E-state index contributed by atoms with van der Waals surface area (Å²) in [4.78, 5) is 7.64. The quantitative estimate of drug-likeness (QED) is 0.455. The number of halogens is 4. The van der Waals surface area contributed by atoms with Crippen LogP contribution in [0.25, 0.3) is 11.0 Å². The zero-order valence-corrected chi connectivity index (χ0v) is 16.0. The standard InChI is InChI=1S/C19H18F4N4O4/c1-18(30,8-2-4-9(5-3-8)19(21,22)23)14-12(28)13(29)17(31-14)27-6-10(20)11-15(24)25-7-26-16(11)27/h2-7,12-14,17,28-30H,1H3,(H2,24,25,26)/t12-,13+,14-,17+,18+/m0/s1. The molecule has 1 aromatic carbocycles. The van der Waals surface area contributed by atoms with Crippen LogP contribution >= 0.6 is 0 Å². The monoisotopic (exact) mass is 442 g/mol. The number of ether oxygens (including phenoxy) is 1. The van der Waals surface area contributed by atoms with Gasteiger partial charge in [-0.15, -0.1) is 0 Å². The number of anilines is 1. The molecule has 1 fully saturated rings. The fraction of sp³-hybridized carbons (Fsp3) is 0.368. The molecule has 3 heterocycles. The van der Waals surface area contributed by atoms with E-state index in [1.165, 1.54) is 6.92 Å². The maximum atomic E-state index is 14.4. The second kappa shape index (κ2) is 7.12. The van der Waals surface area contributed by atoms with Crippen molar-refractivity contribution in [3.05, 3.63) is 53.7 Å². The Bertz CT molecular complexity index is 1120. The van der Waals surface area contributed by atoms with Crippen molar-refractivity contribution >= 4 is 16.9 Å². The zero-order chi connectivity index (χ0) is 22.7. The highest BCUT2D eigenvalue weighted by Crippen LogP contribution is 2.41. The van der Waals surface area contributed by atoms with Crippen molar-refractivity contribution < 1.29 is 37.6 Å². The lowest BCUT2D eigenvalue weighted by atomic mass is 9.86. The number of hydrogen-bond donors (Lipinski definition) is 4. The molecule has 166 valence electrons. The molecule has 1 aliphatic rings. The highest BCUT2D eigenvalue weighted by atomic mass is 19.4. The third-order valence-electron chi connectivity index (χ3n) is 5.46. The summed E-state index contributed by atoms with van der Waals surface area (Å²) in [6.07, 6.45) is -8.59. The van der Waals surface area contributed by atoms with Gasteiger partial charge in [0.1, 0.15) is 36.1 Å². The van der Waals surface area contributed by atoms with E-state index in [4.69, 9.17) is 10.5 Å². The summed E-state index contributed by atoms with van der Waals surface area (Å²) in [6, 6.07) is 3.68. The smallest absolute Gasteiger partial charge is 0.387 e. The molecule has 0 aliphatic carbocycles. The van der Waals surface area contributed by atoms with Crippen LogP contribution in [0.15, 0.2) is 36.8 Å². The van der Waals surface area contributed by atoms with E-state index in [0.717, 1.165) is 41.4 Å². The number of benzene rings is 1. The number of aromatic nitrogens is 3. The first-order valence-electron chi connectivity index (χ1n) is 9.11. The zero-order valence-electron chi connectivity index (χ0n) is 16.0. The third kappa shape index (κ3) is 3.41. The Balaban J connectivity index is 1.68. The summed E-state index contributed by atoms with van der Waals surface area (Å²) < 4.78 is 59.6. The Morgan fingerprint density at radius 1 is 1.06 bits per heavy atom. The molecule has 3 aromatic rings. The normalized spacial score (nSPS) is 26.3. The van der Waals surface area contributed by atoms with Gasteiger partial charge in [0.2, 0.25) is 0 Å². The third-order valence-corrected chi connectivity index (χ3v) is 5.46. The van der Waals surface area contributed by atoms with Gasteiger partial charge in [0.15, 0.2) is 17.7 Å². The number of rotatable bonds is 3. The molecule has 4 rings (SSSR count). The Morgan fingerprint density at radius 2 is 1.68 bits per heavy atom. The molecule has 8 nitrogen and oxygen atoms in total. The number of aliphatic hydroxyl groups excluding tert-OH is 2. The topological polar surface area (TPSA) is 127 Å². The number of fused-ring (bicyclic) bond motifs is 1. The lowest BCUT2D eigenvalue weighted by Gasteiger charge is -2.32. The van der Waals surface area contributed by atoms with Gasteiger partial charge in [0.05, 0.1) is 10.9 Å². The van der Waals surface area contributed by atoms with Gasteiger partial charge in [-0.1, -0.05) is 12.1 Å². The fourth-order valence-corrected chi connectivity index (χ4v) is 3.77. The van der Waals surface area contributed by atoms with E-state index in [1.807, 2.05) is 0 Å². The molecule has 12 heteroatoms. The van der Waals surface area contributed by atoms with Gasteiger partial charge >= 0.3 is 6.18 Å². The second-order valence-corrected chi connectivity index (χ2v) is 7.49. The van der Waals surface area contributed by atoms with Crippen molar-refractivity contribution in [1.29, 1.82) is 0 Å². The van der Waals surface area contributed by atoms with E-state index in [0.29, 0.717) is 0 Å². The van der Waals surface area contributed by atoms with E-state index >= 15 is 0 Å². The van der Waals surface area contributed by atoms with Gasteiger partial charge in [-0.2, -0.15) is 13.2 Å². The summed E-state index contributed by atoms with van der Waals surface area (Å²) in [6.45, 7) is 1.23. The molecule has 0 unspecified atom stereocenters. The van der Waals surface area contributed by atoms with Crippen molar-refractivity contribution in [3.63, 3.8) is 0 Å². The van der Waals surface area contributed by atoms with Crippen LogP contribution in [-0.2, 0) is 16.5 Å². The SMILES string of the molecule is C[C@@](O)(c1ccc(C(F)(F)F)cc1)[C@H]1O[C@@H](n2cc(F)c3c(N)ncnc32)[C@H](O)[C@@H]1O. The van der Waals surface area contributed by atoms with Crippen LogP contribution in [0.5, 0.6) is 0 Å². The molecular weight excluding hydrogens is 424 g/mol. The first-order valence-corrected chi connectivity index (χ1v) is 9.11. The Hall–Kier alpha value is -2.80. The van der Waals surface area contributed by atoms with Crippen molar-refractivity contribution in [2.75, 3.05) is 5.73 Å². The predicted molar refractivity (Wildman–Crippen MR) is 98.8 cm³/mol. The lowest BCUT2D eigenvalue weighted by molar-refractivity contribution is -0.139. The molecule has 31 heavy (non-hydrogen) atoms. The lowest BCUT2D eigenvalue weighted by Crippen LogP contribution is -2.45. The predicted octanol–water partition coefficient (Wildman–Crippen LogP) is 1.70. The van der Waals surface area contributed by atoms with Crippen LogP contribution in [-0.4, -0.2) is 48.2 Å². The molecule has 2 aromatic heterocycles. The molecule has 5 N–H and O–H groups in total. The maximum Gasteiger partial charge on any atom is 0.416 e. The molecular formula is C19H18F4N4O4. The summed E-state index contributed by atoms with van der Waals surface area (Å²) >= 11 is 0. The number of aliphatic hydroxyl groups is 3. The van der Waals surface area contributed by atoms with Crippen LogP contribution in [0, 0.1) is 5.82 Å². The molecule has 0 bridgehead atoms. The number of nitrogen functional groups attached to an aromatic ring is 1. The summed E-state index contributed by atoms with van der Waals surface area (Å²) in [5, 5.41) is 31.9. The minimum Gasteiger partial charge on any atom is -0.387 e. The van der Waals surface area contributed by atoms with Crippen LogP contribution in [0.1, 0.15) is 24.3 Å². The Kier molecular flexibility index (Phi) is 4.92. The number of hydrogen-bond acceptors (Lipinski definition) is 7. The molecule has 5 atom stereocenters. The highest BCUT2D eigenvalue weighted by Gasteiger charge is 2.52. The minimum atomic E-state index is -4.56. The van der Waals surface area contributed by atoms with Crippen molar-refractivity contribution in [2.24, 2.45) is 0 Å². The van der Waals surface area contributed by atoms with E-state index in [1.54, 1.807) is 0 Å². The molecule has 0 spiro atoms. The van der Waals surface area contributed by atoms with Gasteiger partial charge in [0.25, 0.3) is 0 Å². The molecule has 0 saturated carbocycles. The Morgan fingerprint density at radius 3 is 2.29 bits per heavy atom. The van der Waals surface area contributed by atoms with E-state index < -0.39 is 47.7 Å². The van der Waals surface area contributed by atoms with Crippen molar-refractivity contribution in [1.82, 2.24) is 14.5 Å². The van der Waals surface area contributed by atoms with Crippen LogP contribution in [0.4, 0.5) is 23.4 Å². The van der Waals surface area contributed by atoms with E-state index in [-0.39, 0.29) is 22.4 Å². The van der Waals surface area contributed by atoms with Gasteiger partial charge in [-0.3, -0.25) is 0 Å². The molecule has 0 amide bonds. The van der Waals surface area contributed by atoms with Crippen molar-refractivity contribution in [2.45, 2.75) is 43.2 Å². The van der Waals surface area contributed by atoms with E-state index in [9.17, 15) is 32.9 Å². The van der Waals surface area contributed by atoms with Gasteiger partial charge in [-0.25, -0.2) is 14.4 Å². The summed E-state index contributed by atoms with van der Waals surface area (Å²) in [5.41, 5.74) is 2.78. The fourth-order valence-electron chi connectivity index (χ4n) is 3.77. The molecule has 1 saturated heterocycles. The second-order valence-electron chi connectivity index (χ2n) is 7.49. The van der Waals surface area contributed by atoms with Crippen LogP contribution in [0.2, 0.25) is 0 Å². The molecule has 1 aliphatic heterocycles. The molecule has 0 radical (unpaired) electrons. The van der Waals surface area contributed by atoms with E-state index in [2.05, 4.69) is 9.97 Å². The average molecular weight is 442 g/mol. The van der Waals surface area contributed by atoms with Gasteiger partial charge < -0.3 is 30.4 Å². The largest absolute Gasteiger partial charge is 0.416 e. The minimum absolute atomic E-state index is 0.00364. The van der Waals surface area contributed by atoms with Crippen molar-refractivity contribution in [3.8, 4) is 0 Å².